The van der Waals surface area contributed by atoms with Crippen LogP contribution in [-0.4, -0.2) is 23.3 Å². The molecular formula is C13H15N3O2S. The third-order valence-corrected chi connectivity index (χ3v) is 3.77. The van der Waals surface area contributed by atoms with Crippen molar-refractivity contribution in [3.05, 3.63) is 29.3 Å². The van der Waals surface area contributed by atoms with E-state index in [4.69, 9.17) is 9.47 Å². The van der Waals surface area contributed by atoms with E-state index in [1.807, 2.05) is 31.2 Å². The average Bonchev–Trinajstić information content (AvgIpc) is 2.78. The van der Waals surface area contributed by atoms with Gasteiger partial charge in [-0.2, -0.15) is 0 Å². The maximum Gasteiger partial charge on any atom is 0.205 e. The van der Waals surface area contributed by atoms with Crippen molar-refractivity contribution in [3.63, 3.8) is 0 Å². The second-order valence-corrected chi connectivity index (χ2v) is 5.18. The van der Waals surface area contributed by atoms with Crippen molar-refractivity contribution in [2.24, 2.45) is 0 Å². The Labute approximate surface area is 115 Å². The summed E-state index contributed by atoms with van der Waals surface area (Å²) in [6.45, 7) is 3.50. The molecule has 5 nitrogen and oxygen atoms in total. The van der Waals surface area contributed by atoms with Gasteiger partial charge in [-0.05, 0) is 19.1 Å². The summed E-state index contributed by atoms with van der Waals surface area (Å²) in [5.74, 6) is 1.56. The quantitative estimate of drug-likeness (QED) is 0.935. The summed E-state index contributed by atoms with van der Waals surface area (Å²) in [5.41, 5.74) is 0. The first-order chi connectivity index (χ1) is 9.36. The summed E-state index contributed by atoms with van der Waals surface area (Å²) >= 11 is 1.53. The molecule has 0 amide bonds. The number of aromatic nitrogens is 2. The van der Waals surface area contributed by atoms with Crippen molar-refractivity contribution < 1.29 is 9.47 Å². The third kappa shape index (κ3) is 2.63. The number of ether oxygens (including phenoxy) is 2. The third-order valence-electron chi connectivity index (χ3n) is 2.80. The van der Waals surface area contributed by atoms with E-state index in [-0.39, 0.29) is 6.10 Å². The minimum absolute atomic E-state index is 0.0893. The van der Waals surface area contributed by atoms with E-state index in [9.17, 15) is 0 Å². The first-order valence-electron chi connectivity index (χ1n) is 6.32. The van der Waals surface area contributed by atoms with Crippen molar-refractivity contribution in [2.75, 3.05) is 18.5 Å². The molecule has 6 heteroatoms. The molecule has 2 heterocycles. The lowest BCUT2D eigenvalue weighted by atomic mass is 10.3. The SMILES string of the molecule is CCNc1nnc(C2CCOc3ccccc3O2)s1. The number of hydrogen-bond donors (Lipinski definition) is 1. The van der Waals surface area contributed by atoms with Crippen LogP contribution in [0.3, 0.4) is 0 Å². The summed E-state index contributed by atoms with van der Waals surface area (Å²) < 4.78 is 11.7. The van der Waals surface area contributed by atoms with Gasteiger partial charge >= 0.3 is 0 Å². The van der Waals surface area contributed by atoms with E-state index < -0.39 is 0 Å². The Bertz CT molecular complexity index is 558. The van der Waals surface area contributed by atoms with Crippen LogP contribution in [0.2, 0.25) is 0 Å². The van der Waals surface area contributed by atoms with Crippen molar-refractivity contribution in [2.45, 2.75) is 19.4 Å². The molecule has 0 bridgehead atoms. The van der Waals surface area contributed by atoms with Gasteiger partial charge in [-0.1, -0.05) is 23.5 Å². The Hall–Kier alpha value is -1.82. The number of benzene rings is 1. The second-order valence-electron chi connectivity index (χ2n) is 4.17. The van der Waals surface area contributed by atoms with E-state index in [1.54, 1.807) is 0 Å². The molecule has 19 heavy (non-hydrogen) atoms. The number of fused-ring (bicyclic) bond motifs is 1. The lowest BCUT2D eigenvalue weighted by molar-refractivity contribution is 0.193. The van der Waals surface area contributed by atoms with Gasteiger partial charge in [0.2, 0.25) is 5.13 Å². The van der Waals surface area contributed by atoms with Crippen molar-refractivity contribution in [1.29, 1.82) is 0 Å². The molecule has 1 aromatic heterocycles. The van der Waals surface area contributed by atoms with Crippen LogP contribution in [0.4, 0.5) is 5.13 Å². The number of hydrogen-bond acceptors (Lipinski definition) is 6. The Balaban J connectivity index is 1.81. The van der Waals surface area contributed by atoms with Crippen LogP contribution < -0.4 is 14.8 Å². The lowest BCUT2D eigenvalue weighted by Crippen LogP contribution is -2.08. The summed E-state index contributed by atoms with van der Waals surface area (Å²) in [4.78, 5) is 0. The van der Waals surface area contributed by atoms with E-state index >= 15 is 0 Å². The molecule has 0 saturated heterocycles. The van der Waals surface area contributed by atoms with Gasteiger partial charge < -0.3 is 14.8 Å². The van der Waals surface area contributed by atoms with Crippen molar-refractivity contribution in [3.8, 4) is 11.5 Å². The van der Waals surface area contributed by atoms with E-state index in [0.29, 0.717) is 6.61 Å². The summed E-state index contributed by atoms with van der Waals surface area (Å²) in [6.07, 6.45) is 0.684. The Morgan fingerprint density at radius 1 is 1.32 bits per heavy atom. The van der Waals surface area contributed by atoms with Crippen LogP contribution in [0.15, 0.2) is 24.3 Å². The number of rotatable bonds is 3. The topological polar surface area (TPSA) is 56.3 Å². The molecule has 1 aromatic carbocycles. The monoisotopic (exact) mass is 277 g/mol. The van der Waals surface area contributed by atoms with E-state index in [0.717, 1.165) is 34.6 Å². The van der Waals surface area contributed by atoms with Crippen LogP contribution in [0.25, 0.3) is 0 Å². The molecule has 1 atom stereocenters. The predicted molar refractivity (Wildman–Crippen MR) is 74.0 cm³/mol. The molecule has 0 aliphatic carbocycles. The molecule has 0 radical (unpaired) electrons. The predicted octanol–water partition coefficient (Wildman–Crippen LogP) is 2.87. The van der Waals surface area contributed by atoms with Gasteiger partial charge in [-0.3, -0.25) is 0 Å². The molecule has 100 valence electrons. The number of nitrogens with zero attached hydrogens (tertiary/aromatic N) is 2. The fraction of sp³-hybridized carbons (Fsp3) is 0.385. The standard InChI is InChI=1S/C13H15N3O2S/c1-2-14-13-16-15-12(19-13)11-7-8-17-9-5-3-4-6-10(9)18-11/h3-6,11H,2,7-8H2,1H3,(H,14,16). The van der Waals surface area contributed by atoms with Gasteiger partial charge in [0.15, 0.2) is 22.6 Å². The number of anilines is 1. The van der Waals surface area contributed by atoms with Gasteiger partial charge in [0.05, 0.1) is 6.61 Å². The van der Waals surface area contributed by atoms with Crippen LogP contribution in [0.5, 0.6) is 11.5 Å². The first-order valence-corrected chi connectivity index (χ1v) is 7.14. The van der Waals surface area contributed by atoms with Gasteiger partial charge in [-0.25, -0.2) is 0 Å². The van der Waals surface area contributed by atoms with Gasteiger partial charge in [0.25, 0.3) is 0 Å². The smallest absolute Gasteiger partial charge is 0.205 e. The minimum Gasteiger partial charge on any atom is -0.490 e. The van der Waals surface area contributed by atoms with Gasteiger partial charge in [0.1, 0.15) is 0 Å². The molecular weight excluding hydrogens is 262 g/mol. The number of nitrogens with one attached hydrogen (secondary N) is 1. The minimum atomic E-state index is -0.0893. The molecule has 1 aliphatic heterocycles. The molecule has 1 aliphatic rings. The van der Waals surface area contributed by atoms with Crippen LogP contribution in [0, 0.1) is 0 Å². The maximum absolute atomic E-state index is 5.99. The zero-order valence-electron chi connectivity index (χ0n) is 10.6. The molecule has 0 spiro atoms. The fourth-order valence-electron chi connectivity index (χ4n) is 1.92. The highest BCUT2D eigenvalue weighted by molar-refractivity contribution is 7.15. The average molecular weight is 277 g/mol. The zero-order valence-corrected chi connectivity index (χ0v) is 11.4. The Morgan fingerprint density at radius 2 is 2.16 bits per heavy atom. The highest BCUT2D eigenvalue weighted by Crippen LogP contribution is 2.36. The van der Waals surface area contributed by atoms with Crippen LogP contribution in [-0.2, 0) is 0 Å². The largest absolute Gasteiger partial charge is 0.490 e. The van der Waals surface area contributed by atoms with E-state index in [2.05, 4.69) is 15.5 Å². The highest BCUT2D eigenvalue weighted by atomic mass is 32.1. The van der Waals surface area contributed by atoms with Crippen molar-refractivity contribution in [1.82, 2.24) is 10.2 Å². The molecule has 1 N–H and O–H groups in total. The molecule has 3 rings (SSSR count). The maximum atomic E-state index is 5.99. The first kappa shape index (κ1) is 12.2. The van der Waals surface area contributed by atoms with Gasteiger partial charge in [0, 0.05) is 13.0 Å². The Kier molecular flexibility index (Phi) is 3.50. The molecule has 0 saturated carbocycles. The number of para-hydroxylation sites is 2. The molecule has 0 fully saturated rings. The normalized spacial score (nSPS) is 17.8. The molecule has 2 aromatic rings. The summed E-state index contributed by atoms with van der Waals surface area (Å²) in [5, 5.41) is 13.2. The molecule has 1 unspecified atom stereocenters. The summed E-state index contributed by atoms with van der Waals surface area (Å²) in [6, 6.07) is 7.72. The van der Waals surface area contributed by atoms with Crippen molar-refractivity contribution >= 4 is 16.5 Å². The van der Waals surface area contributed by atoms with Crippen LogP contribution in [0.1, 0.15) is 24.5 Å². The summed E-state index contributed by atoms with van der Waals surface area (Å²) in [7, 11) is 0. The highest BCUT2D eigenvalue weighted by Gasteiger charge is 2.23. The lowest BCUT2D eigenvalue weighted by Gasteiger charge is -2.12. The zero-order chi connectivity index (χ0) is 13.1. The van der Waals surface area contributed by atoms with E-state index in [1.165, 1.54) is 11.3 Å². The van der Waals surface area contributed by atoms with Crippen LogP contribution >= 0.6 is 11.3 Å². The Morgan fingerprint density at radius 3 is 3.00 bits per heavy atom. The second kappa shape index (κ2) is 5.44. The fourth-order valence-corrected chi connectivity index (χ4v) is 2.79. The van der Waals surface area contributed by atoms with Gasteiger partial charge in [-0.15, -0.1) is 10.2 Å².